The molecule has 0 spiro atoms. The van der Waals surface area contributed by atoms with Crippen molar-refractivity contribution in [2.24, 2.45) is 0 Å². The Hall–Kier alpha value is -1.93. The summed E-state index contributed by atoms with van der Waals surface area (Å²) in [5.74, 6) is -1.26. The first-order chi connectivity index (χ1) is 12.2. The molecule has 7 nitrogen and oxygen atoms in total. The number of carboxylic acids is 1. The van der Waals surface area contributed by atoms with Gasteiger partial charge in [0.05, 0.1) is 6.54 Å². The molecule has 2 aliphatic rings. The molecule has 0 aromatic heterocycles. The Bertz CT molecular complexity index is 740. The van der Waals surface area contributed by atoms with Gasteiger partial charge in [0.1, 0.15) is 17.5 Å². The van der Waals surface area contributed by atoms with Crippen LogP contribution in [0.1, 0.15) is 19.4 Å². The predicted octanol–water partition coefficient (Wildman–Crippen LogP) is 1.47. The highest BCUT2D eigenvalue weighted by atomic mass is 35.5. The second-order valence-corrected chi connectivity index (χ2v) is 8.87. The van der Waals surface area contributed by atoms with Gasteiger partial charge in [-0.3, -0.25) is 9.59 Å². The molecule has 0 bridgehead atoms. The largest absolute Gasteiger partial charge is 0.480 e. The molecule has 2 aliphatic heterocycles. The molecule has 140 valence electrons. The zero-order valence-electron chi connectivity index (χ0n) is 14.4. The fourth-order valence-electron chi connectivity index (χ4n) is 3.26. The SMILES string of the molecule is CC1(C)SC2C(NC(=O)CNc3ccc(CCl)cc3)C(=O)N2C1C(=O)O. The van der Waals surface area contributed by atoms with E-state index in [9.17, 15) is 19.5 Å². The van der Waals surface area contributed by atoms with Gasteiger partial charge < -0.3 is 20.6 Å². The number of hydrogen-bond donors (Lipinski definition) is 3. The Labute approximate surface area is 160 Å². The number of anilines is 1. The number of aliphatic carboxylic acids is 1. The fourth-order valence-corrected chi connectivity index (χ4v) is 5.07. The normalized spacial score (nSPS) is 26.0. The number of benzene rings is 1. The lowest BCUT2D eigenvalue weighted by atomic mass is 9.96. The van der Waals surface area contributed by atoms with E-state index >= 15 is 0 Å². The lowest BCUT2D eigenvalue weighted by molar-refractivity contribution is -0.161. The smallest absolute Gasteiger partial charge is 0.327 e. The second kappa shape index (κ2) is 7.00. The molecule has 3 unspecified atom stereocenters. The van der Waals surface area contributed by atoms with Crippen LogP contribution in [0.25, 0.3) is 0 Å². The number of alkyl halides is 1. The summed E-state index contributed by atoms with van der Waals surface area (Å²) < 4.78 is -0.603. The van der Waals surface area contributed by atoms with Gasteiger partial charge in [0.15, 0.2) is 0 Å². The molecule has 3 atom stereocenters. The van der Waals surface area contributed by atoms with Crippen LogP contribution in [0.4, 0.5) is 5.69 Å². The lowest BCUT2D eigenvalue weighted by Gasteiger charge is -2.43. The Morgan fingerprint density at radius 2 is 1.96 bits per heavy atom. The molecule has 3 rings (SSSR count). The molecule has 0 saturated carbocycles. The van der Waals surface area contributed by atoms with Crippen LogP contribution in [-0.2, 0) is 20.3 Å². The van der Waals surface area contributed by atoms with Crippen molar-refractivity contribution in [2.75, 3.05) is 11.9 Å². The van der Waals surface area contributed by atoms with Crippen LogP contribution in [0.2, 0.25) is 0 Å². The van der Waals surface area contributed by atoms with Crippen molar-refractivity contribution < 1.29 is 19.5 Å². The summed E-state index contributed by atoms with van der Waals surface area (Å²) in [4.78, 5) is 37.3. The van der Waals surface area contributed by atoms with Crippen LogP contribution in [0.3, 0.4) is 0 Å². The first-order valence-electron chi connectivity index (χ1n) is 8.15. The zero-order chi connectivity index (χ0) is 19.1. The van der Waals surface area contributed by atoms with E-state index < -0.39 is 22.8 Å². The van der Waals surface area contributed by atoms with E-state index in [1.54, 1.807) is 13.8 Å². The van der Waals surface area contributed by atoms with E-state index in [0.717, 1.165) is 11.3 Å². The Morgan fingerprint density at radius 1 is 1.31 bits per heavy atom. The van der Waals surface area contributed by atoms with Crippen LogP contribution in [0.15, 0.2) is 24.3 Å². The summed E-state index contributed by atoms with van der Waals surface area (Å²) in [6, 6.07) is 5.82. The highest BCUT2D eigenvalue weighted by molar-refractivity contribution is 8.01. The van der Waals surface area contributed by atoms with Crippen LogP contribution in [0.5, 0.6) is 0 Å². The number of carbonyl (C=O) groups is 3. The van der Waals surface area contributed by atoms with Crippen molar-refractivity contribution in [3.8, 4) is 0 Å². The molecule has 3 N–H and O–H groups in total. The Balaban J connectivity index is 1.56. The van der Waals surface area contributed by atoms with Crippen LogP contribution in [0, 0.1) is 0 Å². The molecule has 1 aromatic rings. The summed E-state index contributed by atoms with van der Waals surface area (Å²) in [6.45, 7) is 3.62. The minimum Gasteiger partial charge on any atom is -0.480 e. The molecule has 2 saturated heterocycles. The third-order valence-corrected chi connectivity index (χ3v) is 6.43. The number of nitrogens with zero attached hydrogens (tertiary/aromatic N) is 1. The highest BCUT2D eigenvalue weighted by Crippen LogP contribution is 2.50. The summed E-state index contributed by atoms with van der Waals surface area (Å²) in [5.41, 5.74) is 1.76. The van der Waals surface area contributed by atoms with Gasteiger partial charge in [0.25, 0.3) is 0 Å². The quantitative estimate of drug-likeness (QED) is 0.496. The third kappa shape index (κ3) is 3.35. The van der Waals surface area contributed by atoms with E-state index in [2.05, 4.69) is 10.6 Å². The minimum absolute atomic E-state index is 0.0210. The zero-order valence-corrected chi connectivity index (χ0v) is 15.9. The standard InChI is InChI=1S/C17H20ClN3O4S/c1-17(2)13(16(24)25)21-14(23)12(15(21)26-17)20-11(22)8-19-10-5-3-9(7-18)4-6-10/h3-6,12-13,15,19H,7-8H2,1-2H3,(H,20,22)(H,24,25). The molecular weight excluding hydrogens is 378 g/mol. The Morgan fingerprint density at radius 3 is 2.54 bits per heavy atom. The van der Waals surface area contributed by atoms with Gasteiger partial charge >= 0.3 is 5.97 Å². The molecule has 0 radical (unpaired) electrons. The van der Waals surface area contributed by atoms with Crippen LogP contribution in [-0.4, -0.2) is 56.5 Å². The number of halogens is 1. The monoisotopic (exact) mass is 397 g/mol. The maximum absolute atomic E-state index is 12.3. The number of amides is 2. The average Bonchev–Trinajstić information content (AvgIpc) is 2.86. The van der Waals surface area contributed by atoms with Crippen molar-refractivity contribution in [3.63, 3.8) is 0 Å². The first kappa shape index (κ1) is 18.8. The van der Waals surface area contributed by atoms with Crippen molar-refractivity contribution in [3.05, 3.63) is 29.8 Å². The van der Waals surface area contributed by atoms with Gasteiger partial charge in [-0.25, -0.2) is 4.79 Å². The van der Waals surface area contributed by atoms with Crippen molar-refractivity contribution in [2.45, 2.75) is 41.9 Å². The van der Waals surface area contributed by atoms with Gasteiger partial charge in [-0.1, -0.05) is 12.1 Å². The van der Waals surface area contributed by atoms with E-state index in [1.807, 2.05) is 24.3 Å². The number of thioether (sulfide) groups is 1. The van der Waals surface area contributed by atoms with Crippen molar-refractivity contribution in [1.29, 1.82) is 0 Å². The minimum atomic E-state index is -1.02. The molecule has 1 aromatic carbocycles. The molecule has 2 heterocycles. The van der Waals surface area contributed by atoms with Gasteiger partial charge in [-0.05, 0) is 31.5 Å². The Kier molecular flexibility index (Phi) is 5.07. The van der Waals surface area contributed by atoms with E-state index in [-0.39, 0.29) is 23.7 Å². The molecule has 2 amide bonds. The van der Waals surface area contributed by atoms with Gasteiger partial charge in [0, 0.05) is 16.3 Å². The predicted molar refractivity (Wildman–Crippen MR) is 100 cm³/mol. The van der Waals surface area contributed by atoms with Gasteiger partial charge in [-0.2, -0.15) is 0 Å². The average molecular weight is 398 g/mol. The lowest BCUT2D eigenvalue weighted by Crippen LogP contribution is -2.70. The molecule has 2 fully saturated rings. The van der Waals surface area contributed by atoms with E-state index in [1.165, 1.54) is 16.7 Å². The van der Waals surface area contributed by atoms with Gasteiger partial charge in [0.2, 0.25) is 11.8 Å². The van der Waals surface area contributed by atoms with Crippen molar-refractivity contribution >= 4 is 46.8 Å². The maximum atomic E-state index is 12.3. The summed E-state index contributed by atoms with van der Waals surface area (Å²) in [6.07, 6.45) is 0. The van der Waals surface area contributed by atoms with E-state index in [4.69, 9.17) is 11.6 Å². The highest BCUT2D eigenvalue weighted by Gasteiger charge is 2.64. The van der Waals surface area contributed by atoms with E-state index in [0.29, 0.717) is 5.88 Å². The number of hydrogen-bond acceptors (Lipinski definition) is 5. The number of carbonyl (C=O) groups excluding carboxylic acids is 2. The summed E-state index contributed by atoms with van der Waals surface area (Å²) in [7, 11) is 0. The number of β-lactam (4-membered cyclic amide) rings is 1. The number of carboxylic acid groups (broad SMARTS) is 1. The number of fused-ring (bicyclic) bond motifs is 1. The summed E-state index contributed by atoms with van der Waals surface area (Å²) >= 11 is 7.14. The van der Waals surface area contributed by atoms with Crippen LogP contribution >= 0.6 is 23.4 Å². The fraction of sp³-hybridized carbons (Fsp3) is 0.471. The third-order valence-electron chi connectivity index (χ3n) is 4.55. The van der Waals surface area contributed by atoms with Crippen LogP contribution < -0.4 is 10.6 Å². The first-order valence-corrected chi connectivity index (χ1v) is 9.57. The van der Waals surface area contributed by atoms with Gasteiger partial charge in [-0.15, -0.1) is 23.4 Å². The molecule has 26 heavy (non-hydrogen) atoms. The van der Waals surface area contributed by atoms with Crippen molar-refractivity contribution in [1.82, 2.24) is 10.2 Å². The number of rotatable bonds is 6. The topological polar surface area (TPSA) is 98.7 Å². The summed E-state index contributed by atoms with van der Waals surface area (Å²) in [5, 5.41) is 14.7. The molecule has 0 aliphatic carbocycles. The maximum Gasteiger partial charge on any atom is 0.327 e. The molecule has 9 heteroatoms. The number of nitrogens with one attached hydrogen (secondary N) is 2. The molecular formula is C17H20ClN3O4S. The second-order valence-electron chi connectivity index (χ2n) is 6.83.